The summed E-state index contributed by atoms with van der Waals surface area (Å²) in [6, 6.07) is 0. The van der Waals surface area contributed by atoms with Crippen molar-refractivity contribution in [1.82, 2.24) is 0 Å². The van der Waals surface area contributed by atoms with Crippen molar-refractivity contribution in [3.63, 3.8) is 0 Å². The predicted octanol–water partition coefficient (Wildman–Crippen LogP) is 0.677. The summed E-state index contributed by atoms with van der Waals surface area (Å²) < 4.78 is 34.3. The summed E-state index contributed by atoms with van der Waals surface area (Å²) in [5.74, 6) is -1.91. The van der Waals surface area contributed by atoms with Gasteiger partial charge in [0.2, 0.25) is 0 Å². The van der Waals surface area contributed by atoms with E-state index in [0.717, 1.165) is 0 Å². The van der Waals surface area contributed by atoms with E-state index in [4.69, 9.17) is 28.4 Å². The minimum Gasteiger partial charge on any atom is -0.459 e. The molecule has 0 aliphatic carbocycles. The molecule has 0 spiro atoms. The summed E-state index contributed by atoms with van der Waals surface area (Å²) in [7, 11) is 2.94. The Labute approximate surface area is 223 Å². The number of carbonyl (C=O) groups excluding carboxylic acids is 2. The van der Waals surface area contributed by atoms with Crippen LogP contribution in [0.1, 0.15) is 40.5 Å². The minimum absolute atomic E-state index is 0.0533. The molecular weight excluding hydrogens is 500 g/mol. The number of rotatable bonds is 5. The van der Waals surface area contributed by atoms with Gasteiger partial charge >= 0.3 is 5.97 Å². The molecule has 0 amide bonds. The van der Waals surface area contributed by atoms with Crippen molar-refractivity contribution in [2.75, 3.05) is 20.8 Å². The Bertz CT molecular complexity index is 871. The van der Waals surface area contributed by atoms with E-state index >= 15 is 0 Å². The molecule has 216 valence electrons. The molecule has 0 unspecified atom stereocenters. The summed E-state index contributed by atoms with van der Waals surface area (Å²) >= 11 is 0. The minimum atomic E-state index is -1.65. The van der Waals surface area contributed by atoms with Crippen molar-refractivity contribution in [2.45, 2.75) is 101 Å². The zero-order chi connectivity index (χ0) is 28.2. The standard InChI is InChI=1S/C27H42O11/c1-14-7-10-21(30)36-15(2)17(13-35-26-25(34-6)24(33-5)22(31)16(3)37-26)23-19(38-23)8-9-20(29)27(4,32)12-11-18(14)28/h7-10,14-19,22-26,28,31-32H,11-13H2,1-6H3/b9-8+,10-7+/t14-,15+,16+,17+,18-,19+,22+,23-,24+,25+,26+,27-/m0/s1. The molecule has 2 fully saturated rings. The van der Waals surface area contributed by atoms with Gasteiger partial charge < -0.3 is 43.7 Å². The highest BCUT2D eigenvalue weighted by Gasteiger charge is 2.49. The number of fused-ring (bicyclic) bond motifs is 1. The molecule has 3 aliphatic rings. The van der Waals surface area contributed by atoms with E-state index in [9.17, 15) is 24.9 Å². The third-order valence-corrected chi connectivity index (χ3v) is 7.68. The summed E-state index contributed by atoms with van der Waals surface area (Å²) in [6.45, 7) is 6.63. The van der Waals surface area contributed by atoms with Gasteiger partial charge in [0.05, 0.1) is 24.9 Å². The van der Waals surface area contributed by atoms with Gasteiger partial charge in [-0.05, 0) is 45.8 Å². The molecule has 38 heavy (non-hydrogen) atoms. The molecular formula is C27H42O11. The summed E-state index contributed by atoms with van der Waals surface area (Å²) in [4.78, 5) is 25.2. The first-order chi connectivity index (χ1) is 17.9. The van der Waals surface area contributed by atoms with Crippen molar-refractivity contribution in [1.29, 1.82) is 0 Å². The van der Waals surface area contributed by atoms with E-state index in [0.29, 0.717) is 0 Å². The maximum absolute atomic E-state index is 12.6. The van der Waals surface area contributed by atoms with Crippen LogP contribution in [0.5, 0.6) is 0 Å². The number of hydrogen-bond acceptors (Lipinski definition) is 11. The molecule has 11 nitrogen and oxygen atoms in total. The average Bonchev–Trinajstić information content (AvgIpc) is 3.64. The van der Waals surface area contributed by atoms with Gasteiger partial charge in [0.15, 0.2) is 12.1 Å². The fourth-order valence-corrected chi connectivity index (χ4v) is 4.82. The number of methoxy groups -OCH3 is 2. The normalized spacial score (nSPS) is 46.6. The van der Waals surface area contributed by atoms with Crippen molar-refractivity contribution in [2.24, 2.45) is 11.8 Å². The van der Waals surface area contributed by atoms with Gasteiger partial charge in [0.25, 0.3) is 0 Å². The maximum Gasteiger partial charge on any atom is 0.330 e. The van der Waals surface area contributed by atoms with Crippen molar-refractivity contribution in [3.05, 3.63) is 24.3 Å². The fourth-order valence-electron chi connectivity index (χ4n) is 4.82. The highest BCUT2D eigenvalue weighted by Crippen LogP contribution is 2.36. The third kappa shape index (κ3) is 7.48. The van der Waals surface area contributed by atoms with Crippen LogP contribution in [0.2, 0.25) is 0 Å². The zero-order valence-electron chi connectivity index (χ0n) is 22.9. The van der Waals surface area contributed by atoms with Crippen LogP contribution in [0.25, 0.3) is 0 Å². The topological polar surface area (TPSA) is 154 Å². The Hall–Kier alpha value is -1.70. The van der Waals surface area contributed by atoms with Crippen LogP contribution in [0.3, 0.4) is 0 Å². The fraction of sp³-hybridized carbons (Fsp3) is 0.778. The SMILES string of the molecule is CO[C@@H]1[C@H](O)[C@@H](C)O[C@@H](OC[C@H]2[C@@H]3O[C@@H]3/C=C/C(=O)[C@@](C)(O)CC[C@H](O)[C@@H](C)/C=C/C(=O)O[C@@H]2C)[C@@H]1OC. The molecule has 3 aliphatic heterocycles. The molecule has 0 aromatic heterocycles. The largest absolute Gasteiger partial charge is 0.459 e. The van der Waals surface area contributed by atoms with E-state index in [1.807, 2.05) is 0 Å². The third-order valence-electron chi connectivity index (χ3n) is 7.68. The van der Waals surface area contributed by atoms with Crippen LogP contribution >= 0.6 is 0 Å². The van der Waals surface area contributed by atoms with Gasteiger partial charge in [-0.15, -0.1) is 0 Å². The highest BCUT2D eigenvalue weighted by molar-refractivity contribution is 5.96. The molecule has 12 atom stereocenters. The zero-order valence-corrected chi connectivity index (χ0v) is 22.9. The van der Waals surface area contributed by atoms with Crippen LogP contribution in [-0.4, -0.2) is 109 Å². The Kier molecular flexibility index (Phi) is 10.6. The molecule has 0 aromatic rings. The summed E-state index contributed by atoms with van der Waals surface area (Å²) in [5, 5.41) is 31.5. The van der Waals surface area contributed by atoms with E-state index in [-0.39, 0.29) is 19.4 Å². The predicted molar refractivity (Wildman–Crippen MR) is 134 cm³/mol. The lowest BCUT2D eigenvalue weighted by molar-refractivity contribution is -0.305. The Morgan fingerprint density at radius 2 is 1.68 bits per heavy atom. The number of cyclic esters (lactones) is 1. The van der Waals surface area contributed by atoms with Gasteiger partial charge in [-0.3, -0.25) is 4.79 Å². The Morgan fingerprint density at radius 3 is 2.34 bits per heavy atom. The maximum atomic E-state index is 12.6. The number of aliphatic hydroxyl groups excluding tert-OH is 2. The van der Waals surface area contributed by atoms with Crippen LogP contribution in [0.4, 0.5) is 0 Å². The number of ether oxygens (including phenoxy) is 6. The lowest BCUT2D eigenvalue weighted by Gasteiger charge is -2.42. The number of esters is 1. The van der Waals surface area contributed by atoms with Crippen molar-refractivity contribution < 1.29 is 53.3 Å². The number of ketones is 1. The second kappa shape index (κ2) is 13.1. The molecule has 2 saturated heterocycles. The number of carbonyl (C=O) groups is 2. The summed E-state index contributed by atoms with van der Waals surface area (Å²) in [5.41, 5.74) is -1.65. The molecule has 3 rings (SSSR count). The first-order valence-electron chi connectivity index (χ1n) is 13.1. The number of epoxide rings is 1. The van der Waals surface area contributed by atoms with Gasteiger partial charge in [-0.1, -0.05) is 13.0 Å². The second-order valence-corrected chi connectivity index (χ2v) is 10.6. The summed E-state index contributed by atoms with van der Waals surface area (Å²) in [6.07, 6.45) is -0.187. The molecule has 3 heterocycles. The first kappa shape index (κ1) is 30.8. The van der Waals surface area contributed by atoms with Crippen LogP contribution in [-0.2, 0) is 38.0 Å². The quantitative estimate of drug-likeness (QED) is 0.332. The lowest BCUT2D eigenvalue weighted by atomic mass is 9.89. The van der Waals surface area contributed by atoms with Crippen molar-refractivity contribution >= 4 is 11.8 Å². The van der Waals surface area contributed by atoms with Gasteiger partial charge in [-0.25, -0.2) is 4.79 Å². The Balaban J connectivity index is 1.79. The van der Waals surface area contributed by atoms with Gasteiger partial charge in [0, 0.05) is 32.1 Å². The van der Waals surface area contributed by atoms with Gasteiger partial charge in [0.1, 0.15) is 36.1 Å². The van der Waals surface area contributed by atoms with E-state index in [1.165, 1.54) is 33.3 Å². The monoisotopic (exact) mass is 542 g/mol. The van der Waals surface area contributed by atoms with E-state index in [1.54, 1.807) is 32.9 Å². The smallest absolute Gasteiger partial charge is 0.330 e. The van der Waals surface area contributed by atoms with Gasteiger partial charge in [-0.2, -0.15) is 0 Å². The number of hydrogen-bond donors (Lipinski definition) is 3. The molecule has 0 bridgehead atoms. The van der Waals surface area contributed by atoms with Crippen molar-refractivity contribution in [3.8, 4) is 0 Å². The lowest BCUT2D eigenvalue weighted by Crippen LogP contribution is -2.59. The van der Waals surface area contributed by atoms with E-state index in [2.05, 4.69) is 0 Å². The average molecular weight is 543 g/mol. The molecule has 0 radical (unpaired) electrons. The second-order valence-electron chi connectivity index (χ2n) is 10.6. The van der Waals surface area contributed by atoms with Crippen LogP contribution in [0, 0.1) is 11.8 Å². The van der Waals surface area contributed by atoms with Crippen LogP contribution < -0.4 is 0 Å². The first-order valence-corrected chi connectivity index (χ1v) is 13.1. The Morgan fingerprint density at radius 1 is 1.00 bits per heavy atom. The van der Waals surface area contributed by atoms with E-state index < -0.39 is 84.3 Å². The molecule has 0 aromatic carbocycles. The van der Waals surface area contributed by atoms with Crippen LogP contribution in [0.15, 0.2) is 24.3 Å². The highest BCUT2D eigenvalue weighted by atomic mass is 16.7. The molecule has 0 saturated carbocycles. The molecule has 3 N–H and O–H groups in total. The number of aliphatic hydroxyl groups is 3. The molecule has 11 heteroatoms.